The number of rotatable bonds is 1. The van der Waals surface area contributed by atoms with Gasteiger partial charge >= 0.3 is 12.1 Å². The maximum absolute atomic E-state index is 14.2. The standard InChI is InChI=1S/C16H15BrFNO5/c1-16(2,3)24-15(22)19-11(14(21)23-4)6-8-5-9(17)7-10(18)12(8)13(19)20/h5-7H,1-4H3. The summed E-state index contributed by atoms with van der Waals surface area (Å²) in [5.74, 6) is -1.74. The van der Waals surface area contributed by atoms with Crippen LogP contribution in [0.2, 0.25) is 0 Å². The van der Waals surface area contributed by atoms with E-state index in [0.717, 1.165) is 13.2 Å². The Balaban J connectivity index is 2.85. The second-order valence-corrected chi connectivity index (χ2v) is 6.91. The first-order chi connectivity index (χ1) is 11.0. The predicted octanol–water partition coefficient (Wildman–Crippen LogP) is 3.47. The Kier molecular flexibility index (Phi) is 4.80. The molecular weight excluding hydrogens is 385 g/mol. The quantitative estimate of drug-likeness (QED) is 0.686. The molecule has 0 fully saturated rings. The van der Waals surface area contributed by atoms with E-state index in [2.05, 4.69) is 20.7 Å². The number of carbonyl (C=O) groups excluding carboxylic acids is 2. The van der Waals surface area contributed by atoms with Crippen LogP contribution in [0.5, 0.6) is 0 Å². The van der Waals surface area contributed by atoms with Crippen LogP contribution in [0, 0.1) is 5.82 Å². The third kappa shape index (κ3) is 3.48. The highest BCUT2D eigenvalue weighted by Crippen LogP contribution is 2.22. The van der Waals surface area contributed by atoms with E-state index in [1.807, 2.05) is 0 Å². The highest BCUT2D eigenvalue weighted by atomic mass is 79.9. The zero-order valence-corrected chi connectivity index (χ0v) is 15.1. The summed E-state index contributed by atoms with van der Waals surface area (Å²) < 4.78 is 24.8. The molecule has 0 amide bonds. The molecule has 0 aliphatic carbocycles. The second kappa shape index (κ2) is 6.35. The van der Waals surface area contributed by atoms with Gasteiger partial charge < -0.3 is 9.47 Å². The van der Waals surface area contributed by atoms with Gasteiger partial charge in [-0.25, -0.2) is 18.5 Å². The number of aromatic nitrogens is 1. The van der Waals surface area contributed by atoms with Gasteiger partial charge in [-0.1, -0.05) is 15.9 Å². The van der Waals surface area contributed by atoms with Gasteiger partial charge in [-0.3, -0.25) is 4.79 Å². The summed E-state index contributed by atoms with van der Waals surface area (Å²) >= 11 is 3.12. The Morgan fingerprint density at radius 2 is 1.83 bits per heavy atom. The molecular formula is C16H15BrFNO5. The Bertz CT molecular complexity index is 898. The summed E-state index contributed by atoms with van der Waals surface area (Å²) in [6.45, 7) is 4.81. The monoisotopic (exact) mass is 399 g/mol. The first-order valence-corrected chi connectivity index (χ1v) is 7.71. The largest absolute Gasteiger partial charge is 0.464 e. The van der Waals surface area contributed by atoms with Crippen LogP contribution in [0.1, 0.15) is 31.3 Å². The van der Waals surface area contributed by atoms with Gasteiger partial charge in [0.05, 0.1) is 12.5 Å². The molecule has 24 heavy (non-hydrogen) atoms. The number of halogens is 2. The maximum Gasteiger partial charge on any atom is 0.422 e. The summed E-state index contributed by atoms with van der Waals surface area (Å²) in [6.07, 6.45) is -1.09. The summed E-state index contributed by atoms with van der Waals surface area (Å²) in [5, 5.41) is -0.163. The number of esters is 1. The molecule has 1 heterocycles. The average Bonchev–Trinajstić information content (AvgIpc) is 2.42. The minimum atomic E-state index is -1.09. The number of ether oxygens (including phenoxy) is 2. The van der Waals surface area contributed by atoms with Gasteiger partial charge in [0.1, 0.15) is 17.1 Å². The van der Waals surface area contributed by atoms with Crippen molar-refractivity contribution in [2.45, 2.75) is 26.4 Å². The Labute approximate surface area is 145 Å². The molecule has 0 aliphatic rings. The first-order valence-electron chi connectivity index (χ1n) is 6.91. The minimum Gasteiger partial charge on any atom is -0.464 e. The van der Waals surface area contributed by atoms with E-state index >= 15 is 0 Å². The van der Waals surface area contributed by atoms with Crippen molar-refractivity contribution in [3.8, 4) is 0 Å². The molecule has 0 aliphatic heterocycles. The number of carbonyl (C=O) groups is 2. The second-order valence-electron chi connectivity index (χ2n) is 5.99. The van der Waals surface area contributed by atoms with Gasteiger partial charge in [0.2, 0.25) is 0 Å². The molecule has 1 aromatic carbocycles. The van der Waals surface area contributed by atoms with Gasteiger partial charge in [-0.15, -0.1) is 0 Å². The van der Waals surface area contributed by atoms with Crippen molar-refractivity contribution in [2.24, 2.45) is 0 Å². The fourth-order valence-corrected chi connectivity index (χ4v) is 2.56. The lowest BCUT2D eigenvalue weighted by atomic mass is 10.1. The minimum absolute atomic E-state index is 0.159. The smallest absolute Gasteiger partial charge is 0.422 e. The molecule has 2 rings (SSSR count). The van der Waals surface area contributed by atoms with Gasteiger partial charge in [-0.05, 0) is 44.4 Å². The number of benzene rings is 1. The van der Waals surface area contributed by atoms with Crippen LogP contribution < -0.4 is 5.56 Å². The molecule has 0 radical (unpaired) electrons. The molecule has 0 saturated carbocycles. The normalized spacial score (nSPS) is 11.4. The Hall–Kier alpha value is -2.22. The Morgan fingerprint density at radius 1 is 1.21 bits per heavy atom. The lowest BCUT2D eigenvalue weighted by Gasteiger charge is -2.21. The molecule has 128 valence electrons. The van der Waals surface area contributed by atoms with E-state index in [4.69, 9.17) is 4.74 Å². The molecule has 8 heteroatoms. The van der Waals surface area contributed by atoms with Crippen molar-refractivity contribution in [1.29, 1.82) is 0 Å². The predicted molar refractivity (Wildman–Crippen MR) is 88.8 cm³/mol. The van der Waals surface area contributed by atoms with Gasteiger partial charge in [-0.2, -0.15) is 0 Å². The molecule has 2 aromatic rings. The topological polar surface area (TPSA) is 74.6 Å². The van der Waals surface area contributed by atoms with Crippen molar-refractivity contribution in [2.75, 3.05) is 7.11 Å². The fraction of sp³-hybridized carbons (Fsp3) is 0.312. The van der Waals surface area contributed by atoms with E-state index in [-0.39, 0.29) is 16.5 Å². The molecule has 0 N–H and O–H groups in total. The van der Waals surface area contributed by atoms with Crippen LogP contribution in [-0.2, 0) is 9.47 Å². The third-order valence-electron chi connectivity index (χ3n) is 3.01. The summed E-state index contributed by atoms with van der Waals surface area (Å²) in [7, 11) is 1.11. The molecule has 1 aromatic heterocycles. The molecule has 6 nitrogen and oxygen atoms in total. The van der Waals surface area contributed by atoms with Crippen LogP contribution in [0.4, 0.5) is 9.18 Å². The molecule has 0 atom stereocenters. The van der Waals surface area contributed by atoms with E-state index in [1.165, 1.54) is 12.1 Å². The average molecular weight is 400 g/mol. The van der Waals surface area contributed by atoms with Crippen molar-refractivity contribution in [3.05, 3.63) is 44.5 Å². The lowest BCUT2D eigenvalue weighted by Crippen LogP contribution is -2.37. The van der Waals surface area contributed by atoms with Gasteiger partial charge in [0, 0.05) is 4.47 Å². The maximum atomic E-state index is 14.2. The van der Waals surface area contributed by atoms with Gasteiger partial charge in [0.25, 0.3) is 5.56 Å². The van der Waals surface area contributed by atoms with Crippen LogP contribution in [0.25, 0.3) is 10.8 Å². The number of pyridine rings is 1. The Morgan fingerprint density at radius 3 is 2.38 bits per heavy atom. The van der Waals surface area contributed by atoms with Crippen molar-refractivity contribution in [3.63, 3.8) is 0 Å². The van der Waals surface area contributed by atoms with Crippen LogP contribution >= 0.6 is 15.9 Å². The van der Waals surface area contributed by atoms with Crippen LogP contribution in [-0.4, -0.2) is 29.3 Å². The van der Waals surface area contributed by atoms with E-state index in [9.17, 15) is 18.8 Å². The third-order valence-corrected chi connectivity index (χ3v) is 3.46. The number of fused-ring (bicyclic) bond motifs is 1. The molecule has 0 bridgehead atoms. The van der Waals surface area contributed by atoms with Crippen LogP contribution in [0.15, 0.2) is 27.5 Å². The SMILES string of the molecule is COC(=O)c1cc2cc(Br)cc(F)c2c(=O)n1C(=O)OC(C)(C)C. The molecule has 0 spiro atoms. The zero-order chi connectivity index (χ0) is 18.2. The molecule has 0 saturated heterocycles. The van der Waals surface area contributed by atoms with Crippen molar-refractivity contribution >= 4 is 38.8 Å². The highest BCUT2D eigenvalue weighted by Gasteiger charge is 2.26. The van der Waals surface area contributed by atoms with E-state index in [0.29, 0.717) is 9.04 Å². The fourth-order valence-electron chi connectivity index (χ4n) is 2.11. The number of hydrogen-bond donors (Lipinski definition) is 0. The lowest BCUT2D eigenvalue weighted by molar-refractivity contribution is 0.0476. The summed E-state index contributed by atoms with van der Waals surface area (Å²) in [4.78, 5) is 36.9. The van der Waals surface area contributed by atoms with Gasteiger partial charge in [0.15, 0.2) is 0 Å². The van der Waals surface area contributed by atoms with Crippen molar-refractivity contribution < 1.29 is 23.5 Å². The zero-order valence-electron chi connectivity index (χ0n) is 13.5. The van der Waals surface area contributed by atoms with E-state index in [1.54, 1.807) is 20.8 Å². The van der Waals surface area contributed by atoms with Crippen molar-refractivity contribution in [1.82, 2.24) is 4.57 Å². The molecule has 0 unspecified atom stereocenters. The highest BCUT2D eigenvalue weighted by molar-refractivity contribution is 9.10. The first kappa shape index (κ1) is 18.1. The summed E-state index contributed by atoms with van der Waals surface area (Å²) in [6, 6.07) is 3.77. The summed E-state index contributed by atoms with van der Waals surface area (Å²) in [5.41, 5.74) is -2.24. The number of nitrogens with zero attached hydrogens (tertiary/aromatic N) is 1. The van der Waals surface area contributed by atoms with E-state index < -0.39 is 29.0 Å². The number of hydrogen-bond acceptors (Lipinski definition) is 5. The van der Waals surface area contributed by atoms with Crippen LogP contribution in [0.3, 0.4) is 0 Å². The number of methoxy groups -OCH3 is 1.